The van der Waals surface area contributed by atoms with Crippen molar-refractivity contribution in [3.63, 3.8) is 0 Å². The summed E-state index contributed by atoms with van der Waals surface area (Å²) >= 11 is 9.06. The zero-order valence-electron chi connectivity index (χ0n) is 13.9. The van der Waals surface area contributed by atoms with Crippen LogP contribution in [0.4, 0.5) is 0 Å². The van der Waals surface area contributed by atoms with Gasteiger partial charge in [-0.15, -0.1) is 0 Å². The Balaban J connectivity index is 2.59. The molecule has 1 rings (SSSR count). The highest BCUT2D eigenvalue weighted by atomic mass is 32.1. The van der Waals surface area contributed by atoms with E-state index in [4.69, 9.17) is 0 Å². The maximum atomic E-state index is 4.64. The molecule has 1 aliphatic rings. The zero-order valence-corrected chi connectivity index (χ0v) is 15.6. The summed E-state index contributed by atoms with van der Waals surface area (Å²) in [5, 5.41) is 4.11. The smallest absolute Gasteiger partial charge is 0.00694 e. The monoisotopic (exact) mass is 317 g/mol. The molecule has 0 aliphatic heterocycles. The van der Waals surface area contributed by atoms with Crippen molar-refractivity contribution >= 4 is 25.3 Å². The van der Waals surface area contributed by atoms with Crippen LogP contribution in [-0.4, -0.2) is 24.1 Å². The maximum absolute atomic E-state index is 4.64. The van der Waals surface area contributed by atoms with Gasteiger partial charge in [-0.05, 0) is 75.5 Å². The van der Waals surface area contributed by atoms with E-state index in [9.17, 15) is 0 Å². The minimum Gasteiger partial charge on any atom is -0.317 e. The van der Waals surface area contributed by atoms with Crippen LogP contribution in [0.1, 0.15) is 65.7 Å². The average molecular weight is 318 g/mol. The Bertz CT molecular complexity index is 272. The number of hydrogen-bond acceptors (Lipinski definition) is 3. The fourth-order valence-corrected chi connectivity index (χ4v) is 4.32. The van der Waals surface area contributed by atoms with Gasteiger partial charge in [-0.25, -0.2) is 0 Å². The molecule has 0 bridgehead atoms. The molecule has 1 N–H and O–H groups in total. The van der Waals surface area contributed by atoms with Gasteiger partial charge in [-0.1, -0.05) is 20.3 Å². The van der Waals surface area contributed by atoms with Crippen LogP contribution in [0.5, 0.6) is 0 Å². The van der Waals surface area contributed by atoms with Crippen LogP contribution in [0, 0.1) is 17.3 Å². The Morgan fingerprint density at radius 2 is 1.95 bits per heavy atom. The summed E-state index contributed by atoms with van der Waals surface area (Å²) in [6, 6.07) is 0.625. The third-order valence-corrected chi connectivity index (χ3v) is 6.57. The minimum absolute atomic E-state index is 0.588. The van der Waals surface area contributed by atoms with Gasteiger partial charge < -0.3 is 5.32 Å². The van der Waals surface area contributed by atoms with E-state index in [0.29, 0.717) is 16.7 Å². The van der Waals surface area contributed by atoms with Crippen molar-refractivity contribution in [2.24, 2.45) is 17.3 Å². The summed E-state index contributed by atoms with van der Waals surface area (Å²) in [5.74, 6) is 2.75. The zero-order chi connectivity index (χ0) is 15.2. The van der Waals surface area contributed by atoms with Gasteiger partial charge in [0, 0.05) is 11.3 Å². The first-order chi connectivity index (χ1) is 9.51. The maximum Gasteiger partial charge on any atom is 0.00694 e. The summed E-state index contributed by atoms with van der Waals surface area (Å²) in [4.78, 5) is 0. The molecule has 0 radical (unpaired) electrons. The second-order valence-electron chi connectivity index (χ2n) is 6.84. The van der Waals surface area contributed by atoms with Crippen molar-refractivity contribution in [3.8, 4) is 0 Å². The fraction of sp³-hybridized carbons (Fsp3) is 1.00. The first-order valence-electron chi connectivity index (χ1n) is 8.48. The van der Waals surface area contributed by atoms with Crippen LogP contribution in [0.15, 0.2) is 0 Å². The molecule has 0 aromatic heterocycles. The summed E-state index contributed by atoms with van der Waals surface area (Å²) < 4.78 is 0. The molecule has 120 valence electrons. The third kappa shape index (κ3) is 4.84. The molecule has 0 saturated heterocycles. The quantitative estimate of drug-likeness (QED) is 0.464. The standard InChI is InChI=1S/C17H35NS2/c1-5-15(20)8-6-9-16(14(3)18-4)17(10-7-11-19)12-13(17)2/h13-16,18-20H,5-12H2,1-4H3/t13?,14?,15?,16-,17?/m1/s1. The summed E-state index contributed by atoms with van der Waals surface area (Å²) in [7, 11) is 2.12. The molecule has 20 heavy (non-hydrogen) atoms. The molecule has 1 fully saturated rings. The molecule has 0 spiro atoms. The Hall–Kier alpha value is 0.660. The van der Waals surface area contributed by atoms with Gasteiger partial charge in [-0.2, -0.15) is 25.3 Å². The number of hydrogen-bond donors (Lipinski definition) is 3. The molecule has 1 nitrogen and oxygen atoms in total. The lowest BCUT2D eigenvalue weighted by Crippen LogP contribution is -2.37. The lowest BCUT2D eigenvalue weighted by atomic mass is 9.76. The van der Waals surface area contributed by atoms with Crippen LogP contribution < -0.4 is 5.32 Å². The Morgan fingerprint density at radius 1 is 1.30 bits per heavy atom. The van der Waals surface area contributed by atoms with E-state index in [1.54, 1.807) is 0 Å². The van der Waals surface area contributed by atoms with Gasteiger partial charge in [-0.3, -0.25) is 0 Å². The third-order valence-electron chi connectivity index (χ3n) is 5.63. The highest BCUT2D eigenvalue weighted by molar-refractivity contribution is 7.81. The van der Waals surface area contributed by atoms with Gasteiger partial charge in [0.05, 0.1) is 0 Å². The lowest BCUT2D eigenvalue weighted by molar-refractivity contribution is 0.194. The number of thiol groups is 2. The molecule has 0 heterocycles. The molecule has 0 aromatic rings. The Morgan fingerprint density at radius 3 is 2.40 bits per heavy atom. The van der Waals surface area contributed by atoms with Gasteiger partial charge >= 0.3 is 0 Å². The predicted octanol–water partition coefficient (Wildman–Crippen LogP) is 4.83. The number of nitrogens with one attached hydrogen (secondary N) is 1. The lowest BCUT2D eigenvalue weighted by Gasteiger charge is -2.33. The minimum atomic E-state index is 0.588. The average Bonchev–Trinajstić information content (AvgIpc) is 3.11. The van der Waals surface area contributed by atoms with Gasteiger partial charge in [0.25, 0.3) is 0 Å². The van der Waals surface area contributed by atoms with Crippen molar-refractivity contribution in [2.75, 3.05) is 12.8 Å². The summed E-state index contributed by atoms with van der Waals surface area (Å²) in [5.41, 5.74) is 0.601. The Kier molecular flexibility index (Phi) is 8.37. The van der Waals surface area contributed by atoms with Crippen molar-refractivity contribution in [1.82, 2.24) is 5.32 Å². The van der Waals surface area contributed by atoms with Gasteiger partial charge in [0.1, 0.15) is 0 Å². The largest absolute Gasteiger partial charge is 0.317 e. The van der Waals surface area contributed by atoms with Crippen LogP contribution >= 0.6 is 25.3 Å². The molecule has 5 atom stereocenters. The van der Waals surface area contributed by atoms with Gasteiger partial charge in [0.15, 0.2) is 0 Å². The van der Waals surface area contributed by atoms with E-state index in [-0.39, 0.29) is 0 Å². The SMILES string of the molecule is CCC(S)CCC[C@H](C(C)NC)C1(CCCS)CC1C. The molecule has 1 aliphatic carbocycles. The van der Waals surface area contributed by atoms with E-state index in [1.807, 2.05) is 0 Å². The van der Waals surface area contributed by atoms with E-state index in [2.05, 4.69) is 58.4 Å². The van der Waals surface area contributed by atoms with Crippen LogP contribution in [0.2, 0.25) is 0 Å². The fourth-order valence-electron chi connectivity index (χ4n) is 3.98. The number of rotatable bonds is 11. The van der Waals surface area contributed by atoms with E-state index in [1.165, 1.54) is 44.9 Å². The topological polar surface area (TPSA) is 12.0 Å². The Labute approximate surface area is 137 Å². The highest BCUT2D eigenvalue weighted by Crippen LogP contribution is 2.62. The molecule has 1 saturated carbocycles. The van der Waals surface area contributed by atoms with Crippen LogP contribution in [-0.2, 0) is 0 Å². The first kappa shape index (κ1) is 18.7. The van der Waals surface area contributed by atoms with E-state index in [0.717, 1.165) is 17.6 Å². The molecular formula is C17H35NS2. The molecule has 3 heteroatoms. The highest BCUT2D eigenvalue weighted by Gasteiger charge is 2.55. The predicted molar refractivity (Wildman–Crippen MR) is 98.2 cm³/mol. The van der Waals surface area contributed by atoms with Gasteiger partial charge in [0.2, 0.25) is 0 Å². The summed E-state index contributed by atoms with van der Waals surface area (Å²) in [6.45, 7) is 7.06. The van der Waals surface area contributed by atoms with E-state index >= 15 is 0 Å². The normalized spacial score (nSPS) is 30.0. The van der Waals surface area contributed by atoms with Crippen molar-refractivity contribution in [1.29, 1.82) is 0 Å². The van der Waals surface area contributed by atoms with E-state index < -0.39 is 0 Å². The second-order valence-corrected chi connectivity index (χ2v) is 8.02. The molecule has 4 unspecified atom stereocenters. The van der Waals surface area contributed by atoms with Crippen LogP contribution in [0.3, 0.4) is 0 Å². The molecular weight excluding hydrogens is 282 g/mol. The first-order valence-corrected chi connectivity index (χ1v) is 9.62. The van der Waals surface area contributed by atoms with Crippen molar-refractivity contribution in [2.45, 2.75) is 77.0 Å². The second kappa shape index (κ2) is 8.95. The van der Waals surface area contributed by atoms with Crippen molar-refractivity contribution in [3.05, 3.63) is 0 Å². The summed E-state index contributed by atoms with van der Waals surface area (Å²) in [6.07, 6.45) is 9.21. The van der Waals surface area contributed by atoms with Crippen LogP contribution in [0.25, 0.3) is 0 Å². The molecule has 0 aromatic carbocycles. The van der Waals surface area contributed by atoms with Crippen molar-refractivity contribution < 1.29 is 0 Å². The molecule has 0 amide bonds.